The molecule has 0 spiro atoms. The van der Waals surface area contributed by atoms with Crippen LogP contribution in [0.1, 0.15) is 55.1 Å². The van der Waals surface area contributed by atoms with Gasteiger partial charge in [0.2, 0.25) is 0 Å². The van der Waals surface area contributed by atoms with Crippen molar-refractivity contribution in [1.29, 1.82) is 0 Å². The van der Waals surface area contributed by atoms with Gasteiger partial charge in [-0.15, -0.1) is 0 Å². The molecule has 2 heterocycles. The molecule has 2 atom stereocenters. The number of piperidine rings is 1. The number of aromatic nitrogens is 2. The Kier molecular flexibility index (Phi) is 6.06. The van der Waals surface area contributed by atoms with Crippen LogP contribution in [-0.2, 0) is 4.74 Å². The molecule has 2 aromatic rings. The van der Waals surface area contributed by atoms with Crippen LogP contribution < -0.4 is 5.32 Å². The van der Waals surface area contributed by atoms with Gasteiger partial charge in [-0.25, -0.2) is 14.3 Å². The number of amides is 2. The zero-order valence-corrected chi connectivity index (χ0v) is 17.8. The van der Waals surface area contributed by atoms with E-state index in [0.29, 0.717) is 18.1 Å². The van der Waals surface area contributed by atoms with Gasteiger partial charge in [0, 0.05) is 18.8 Å². The van der Waals surface area contributed by atoms with Crippen molar-refractivity contribution in [2.45, 2.75) is 46.0 Å². The Hall–Kier alpha value is -2.83. The van der Waals surface area contributed by atoms with Crippen LogP contribution in [0.3, 0.4) is 0 Å². The van der Waals surface area contributed by atoms with Crippen LogP contribution in [-0.4, -0.2) is 46.4 Å². The Labute approximate surface area is 177 Å². The minimum Gasteiger partial charge on any atom is -0.462 e. The van der Waals surface area contributed by atoms with Crippen molar-refractivity contribution in [3.8, 4) is 5.69 Å². The van der Waals surface area contributed by atoms with E-state index in [1.54, 1.807) is 11.6 Å². The highest BCUT2D eigenvalue weighted by Gasteiger charge is 2.32. The fourth-order valence-corrected chi connectivity index (χ4v) is 4.75. The number of carbonyl (C=O) groups excluding carboxylic acids is 2. The Morgan fingerprint density at radius 1 is 1.13 bits per heavy atom. The zero-order valence-electron chi connectivity index (χ0n) is 17.8. The van der Waals surface area contributed by atoms with Crippen molar-refractivity contribution in [2.75, 3.05) is 25.0 Å². The molecule has 1 aliphatic carbocycles. The first kappa shape index (κ1) is 20.4. The molecule has 1 saturated heterocycles. The summed E-state index contributed by atoms with van der Waals surface area (Å²) in [6, 6.07) is 7.49. The number of hydrogen-bond donors (Lipinski definition) is 1. The van der Waals surface area contributed by atoms with E-state index < -0.39 is 0 Å². The van der Waals surface area contributed by atoms with Crippen molar-refractivity contribution < 1.29 is 14.3 Å². The molecule has 7 nitrogen and oxygen atoms in total. The maximum absolute atomic E-state index is 12.7. The molecular weight excluding hydrogens is 380 g/mol. The second-order valence-electron chi connectivity index (χ2n) is 8.29. The molecule has 2 aliphatic rings. The Balaban J connectivity index is 1.39. The van der Waals surface area contributed by atoms with Crippen molar-refractivity contribution in [3.63, 3.8) is 0 Å². The number of urea groups is 1. The molecule has 0 radical (unpaired) electrons. The second-order valence-corrected chi connectivity index (χ2v) is 8.29. The molecule has 160 valence electrons. The molecular formula is C23H30N4O3. The molecule has 2 amide bonds. The van der Waals surface area contributed by atoms with Crippen molar-refractivity contribution in [3.05, 3.63) is 41.7 Å². The van der Waals surface area contributed by atoms with E-state index in [9.17, 15) is 9.59 Å². The topological polar surface area (TPSA) is 76.5 Å². The number of nitrogens with one attached hydrogen (secondary N) is 1. The monoisotopic (exact) mass is 410 g/mol. The maximum atomic E-state index is 12.7. The lowest BCUT2D eigenvalue weighted by Crippen LogP contribution is -2.46. The van der Waals surface area contributed by atoms with Crippen LogP contribution in [0, 0.1) is 18.8 Å². The summed E-state index contributed by atoms with van der Waals surface area (Å²) in [7, 11) is 0. The van der Waals surface area contributed by atoms with E-state index >= 15 is 0 Å². The molecule has 0 bridgehead atoms. The summed E-state index contributed by atoms with van der Waals surface area (Å²) < 4.78 is 6.77. The van der Waals surface area contributed by atoms with Crippen LogP contribution >= 0.6 is 0 Å². The summed E-state index contributed by atoms with van der Waals surface area (Å²) in [5.74, 6) is 1.10. The van der Waals surface area contributed by atoms with E-state index in [0.717, 1.165) is 42.5 Å². The summed E-state index contributed by atoms with van der Waals surface area (Å²) in [5, 5.41) is 7.34. The third-order valence-electron chi connectivity index (χ3n) is 6.45. The number of hydrogen-bond acceptors (Lipinski definition) is 4. The van der Waals surface area contributed by atoms with Gasteiger partial charge in [0.15, 0.2) is 0 Å². The predicted octanol–water partition coefficient (Wildman–Crippen LogP) is 4.40. The summed E-state index contributed by atoms with van der Waals surface area (Å²) in [4.78, 5) is 26.7. The van der Waals surface area contributed by atoms with Crippen molar-refractivity contribution >= 4 is 17.7 Å². The average Bonchev–Trinajstić information content (AvgIpc) is 3.15. The second kappa shape index (κ2) is 8.90. The molecule has 1 N–H and O–H groups in total. The van der Waals surface area contributed by atoms with Crippen LogP contribution in [0.5, 0.6) is 0 Å². The Morgan fingerprint density at radius 3 is 2.60 bits per heavy atom. The molecule has 1 aliphatic heterocycles. The number of likely N-dealkylation sites (tertiary alicyclic amines) is 1. The van der Waals surface area contributed by atoms with Gasteiger partial charge in [-0.3, -0.25) is 0 Å². The number of ether oxygens (including phenoxy) is 1. The van der Waals surface area contributed by atoms with E-state index in [-0.39, 0.29) is 12.0 Å². The zero-order chi connectivity index (χ0) is 21.1. The fourth-order valence-electron chi connectivity index (χ4n) is 4.75. The van der Waals surface area contributed by atoms with Gasteiger partial charge in [0.25, 0.3) is 0 Å². The molecule has 1 aromatic carbocycles. The lowest BCUT2D eigenvalue weighted by Gasteiger charge is -2.41. The Morgan fingerprint density at radius 2 is 1.87 bits per heavy atom. The van der Waals surface area contributed by atoms with Gasteiger partial charge in [-0.2, -0.15) is 5.10 Å². The molecule has 30 heavy (non-hydrogen) atoms. The number of fused-ring (bicyclic) bond motifs is 1. The highest BCUT2D eigenvalue weighted by Crippen LogP contribution is 2.36. The molecule has 7 heteroatoms. The molecule has 2 unspecified atom stereocenters. The smallest absolute Gasteiger partial charge is 0.341 e. The van der Waals surface area contributed by atoms with E-state index in [1.165, 1.54) is 31.9 Å². The molecule has 1 aromatic heterocycles. The first-order chi connectivity index (χ1) is 14.6. The lowest BCUT2D eigenvalue weighted by atomic mass is 9.75. The Bertz CT molecular complexity index is 906. The number of anilines is 1. The van der Waals surface area contributed by atoms with Gasteiger partial charge in [0.05, 0.1) is 24.2 Å². The maximum Gasteiger partial charge on any atom is 0.341 e. The number of rotatable bonds is 4. The van der Waals surface area contributed by atoms with Crippen LogP contribution in [0.15, 0.2) is 30.5 Å². The van der Waals surface area contributed by atoms with Gasteiger partial charge in [-0.1, -0.05) is 19.3 Å². The van der Waals surface area contributed by atoms with Gasteiger partial charge >= 0.3 is 12.0 Å². The van der Waals surface area contributed by atoms with Crippen LogP contribution in [0.4, 0.5) is 10.5 Å². The summed E-state index contributed by atoms with van der Waals surface area (Å²) >= 11 is 0. The van der Waals surface area contributed by atoms with E-state index in [2.05, 4.69) is 10.4 Å². The molecule has 2 fully saturated rings. The van der Waals surface area contributed by atoms with Crippen molar-refractivity contribution in [1.82, 2.24) is 14.7 Å². The van der Waals surface area contributed by atoms with E-state index in [1.807, 2.05) is 36.1 Å². The van der Waals surface area contributed by atoms with Crippen LogP contribution in [0.2, 0.25) is 0 Å². The highest BCUT2D eigenvalue weighted by atomic mass is 16.5. The third-order valence-corrected chi connectivity index (χ3v) is 6.45. The van der Waals surface area contributed by atoms with E-state index in [4.69, 9.17) is 4.74 Å². The minimum atomic E-state index is -0.369. The number of benzene rings is 1. The standard InChI is InChI=1S/C23H30N4O3/c1-3-30-22(28)21-14-24-27(16(21)2)20-10-8-19(9-11-20)25-23(29)26-13-12-17-6-4-5-7-18(17)15-26/h8-11,14,17-18H,3-7,12-13,15H2,1-2H3,(H,25,29). The quantitative estimate of drug-likeness (QED) is 0.758. The van der Waals surface area contributed by atoms with Crippen molar-refractivity contribution in [2.24, 2.45) is 11.8 Å². The van der Waals surface area contributed by atoms with Gasteiger partial charge in [-0.05, 0) is 62.8 Å². The summed E-state index contributed by atoms with van der Waals surface area (Å²) in [5.41, 5.74) is 2.76. The predicted molar refractivity (Wildman–Crippen MR) is 115 cm³/mol. The molecule has 4 rings (SSSR count). The third kappa shape index (κ3) is 4.20. The van der Waals surface area contributed by atoms with Gasteiger partial charge < -0.3 is 15.0 Å². The number of esters is 1. The van der Waals surface area contributed by atoms with Gasteiger partial charge in [0.1, 0.15) is 5.56 Å². The first-order valence-corrected chi connectivity index (χ1v) is 10.9. The largest absolute Gasteiger partial charge is 0.462 e. The molecule has 1 saturated carbocycles. The normalized spacial score (nSPS) is 21.1. The highest BCUT2D eigenvalue weighted by molar-refractivity contribution is 5.91. The lowest BCUT2D eigenvalue weighted by molar-refractivity contribution is 0.0525. The number of carbonyl (C=O) groups is 2. The summed E-state index contributed by atoms with van der Waals surface area (Å²) in [6.07, 6.45) is 7.86. The number of nitrogens with zero attached hydrogens (tertiary/aromatic N) is 3. The SMILES string of the molecule is CCOC(=O)c1cnn(-c2ccc(NC(=O)N3CCC4CCCCC4C3)cc2)c1C. The average molecular weight is 411 g/mol. The fraction of sp³-hybridized carbons (Fsp3) is 0.522. The summed E-state index contributed by atoms with van der Waals surface area (Å²) in [6.45, 7) is 5.66. The minimum absolute atomic E-state index is 0.0216. The first-order valence-electron chi connectivity index (χ1n) is 10.9. The van der Waals surface area contributed by atoms with Crippen LogP contribution in [0.25, 0.3) is 5.69 Å².